The van der Waals surface area contributed by atoms with E-state index in [9.17, 15) is 24.3 Å². The van der Waals surface area contributed by atoms with Crippen LogP contribution in [-0.2, 0) is 49.9 Å². The van der Waals surface area contributed by atoms with Crippen LogP contribution >= 0.6 is 34.5 Å². The predicted molar refractivity (Wildman–Crippen MR) is 234 cm³/mol. The smallest absolute Gasteiger partial charge is 0.248 e. The molecule has 18 heteroatoms. The number of anilines is 1. The summed E-state index contributed by atoms with van der Waals surface area (Å²) in [4.78, 5) is 68.9. The number of benzene rings is 1. The molecular formula is C41H55Cl2N9O6S. The number of nitrogens with one attached hydrogen (secondary N) is 2. The number of nitrogens with two attached hydrogens (primary N) is 1. The van der Waals surface area contributed by atoms with E-state index in [4.69, 9.17) is 33.1 Å². The van der Waals surface area contributed by atoms with Crippen LogP contribution < -0.4 is 16.0 Å². The highest BCUT2D eigenvalue weighted by Crippen LogP contribution is 2.42. The summed E-state index contributed by atoms with van der Waals surface area (Å²) in [6.07, 6.45) is 11.8. The second-order valence-corrected chi connectivity index (χ2v) is 16.3. The van der Waals surface area contributed by atoms with E-state index in [2.05, 4.69) is 20.9 Å². The standard InChI is InChI=1S/C40H52Cl2N8O5S.CH3NO/c1-46(2)17-8-9-35(54)48(23-24-51)22-21-47(3)37-13-11-28(56-37)10-12-34(53)43-16-6-4-5-7-18-50-20-15-33(45-50)29-25-31(41)39(42)40-38(29)30-26-49(36(55)27-52)19-14-32(30)44-40;2-1-3/h8-9,11,13,15,20,24-25,44,52H,4-7,10,12,14,16-19,21-23,26-27H2,1-3H3,(H,43,53);1H,(H2,2,3)/b9-8+;. The van der Waals surface area contributed by atoms with E-state index in [1.165, 1.54) is 11.0 Å². The van der Waals surface area contributed by atoms with Crippen molar-refractivity contribution in [2.24, 2.45) is 5.73 Å². The van der Waals surface area contributed by atoms with Gasteiger partial charge in [-0.15, -0.1) is 11.3 Å². The van der Waals surface area contributed by atoms with Crippen LogP contribution in [0.2, 0.25) is 10.0 Å². The van der Waals surface area contributed by atoms with E-state index in [0.717, 1.165) is 81.8 Å². The Bertz CT molecular complexity index is 2060. The Kier molecular flexibility index (Phi) is 18.9. The van der Waals surface area contributed by atoms with Gasteiger partial charge in [0.15, 0.2) is 0 Å². The molecule has 1 aliphatic heterocycles. The number of halogens is 2. The van der Waals surface area contributed by atoms with Crippen molar-refractivity contribution in [1.82, 2.24) is 34.8 Å². The summed E-state index contributed by atoms with van der Waals surface area (Å²) in [6.45, 7) is 3.47. The fourth-order valence-corrected chi connectivity index (χ4v) is 8.12. The lowest BCUT2D eigenvalue weighted by atomic mass is 9.99. The van der Waals surface area contributed by atoms with Crippen LogP contribution in [0.25, 0.3) is 22.2 Å². The number of carbonyl (C=O) groups is 5. The molecule has 0 fully saturated rings. The maximum absolute atomic E-state index is 12.6. The van der Waals surface area contributed by atoms with Gasteiger partial charge in [0.25, 0.3) is 0 Å². The Morgan fingerprint density at radius 3 is 2.56 bits per heavy atom. The molecule has 0 aliphatic carbocycles. The van der Waals surface area contributed by atoms with Crippen molar-refractivity contribution in [3.8, 4) is 11.3 Å². The molecule has 5 N–H and O–H groups in total. The maximum Gasteiger partial charge on any atom is 0.248 e. The zero-order chi connectivity index (χ0) is 42.9. The van der Waals surface area contributed by atoms with Crippen LogP contribution in [0.3, 0.4) is 0 Å². The minimum absolute atomic E-state index is 0.0375. The molecule has 4 amide bonds. The molecular weight excluding hydrogens is 817 g/mol. The maximum atomic E-state index is 12.6. The third-order valence-corrected chi connectivity index (χ3v) is 11.9. The Hall–Kier alpha value is -4.74. The Morgan fingerprint density at radius 2 is 1.83 bits per heavy atom. The summed E-state index contributed by atoms with van der Waals surface area (Å²) in [5, 5.41) is 20.1. The monoisotopic (exact) mass is 871 g/mol. The molecule has 1 aromatic carbocycles. The van der Waals surface area contributed by atoms with Crippen LogP contribution in [0.4, 0.5) is 5.00 Å². The van der Waals surface area contributed by atoms with Gasteiger partial charge in [-0.3, -0.25) is 23.9 Å². The van der Waals surface area contributed by atoms with Crippen molar-refractivity contribution in [3.05, 3.63) is 68.8 Å². The lowest BCUT2D eigenvalue weighted by molar-refractivity contribution is -0.135. The summed E-state index contributed by atoms with van der Waals surface area (Å²) in [6, 6.07) is 7.87. The minimum Gasteiger partial charge on any atom is -0.387 e. The van der Waals surface area contributed by atoms with Gasteiger partial charge >= 0.3 is 0 Å². The molecule has 15 nitrogen and oxygen atoms in total. The molecule has 3 aromatic heterocycles. The molecule has 0 bridgehead atoms. The number of carbonyl (C=O) groups excluding carboxylic acids is 5. The highest BCUT2D eigenvalue weighted by atomic mass is 35.5. The lowest BCUT2D eigenvalue weighted by Crippen LogP contribution is -2.37. The number of H-pyrrole nitrogens is 1. The predicted octanol–water partition coefficient (Wildman–Crippen LogP) is 4.27. The number of aliphatic hydroxyl groups is 1. The molecule has 4 aromatic rings. The molecule has 0 saturated heterocycles. The van der Waals surface area contributed by atoms with Gasteiger partial charge in [0.05, 0.1) is 32.8 Å². The highest BCUT2D eigenvalue weighted by Gasteiger charge is 2.27. The van der Waals surface area contributed by atoms with Gasteiger partial charge in [-0.2, -0.15) is 5.10 Å². The van der Waals surface area contributed by atoms with Crippen LogP contribution in [0.5, 0.6) is 0 Å². The number of hydrogen-bond acceptors (Lipinski definition) is 10. The number of rotatable bonds is 21. The Balaban J connectivity index is 0.00000248. The van der Waals surface area contributed by atoms with E-state index in [0.29, 0.717) is 68.6 Å². The number of hydrogen-bond donors (Lipinski definition) is 4. The van der Waals surface area contributed by atoms with Crippen molar-refractivity contribution in [3.63, 3.8) is 0 Å². The number of nitrogens with zero attached hydrogens (tertiary/aromatic N) is 6. The molecule has 0 atom stereocenters. The number of amides is 4. The van der Waals surface area contributed by atoms with Gasteiger partial charge in [-0.05, 0) is 57.6 Å². The molecule has 59 heavy (non-hydrogen) atoms. The van der Waals surface area contributed by atoms with Gasteiger partial charge in [0, 0.05) is 105 Å². The summed E-state index contributed by atoms with van der Waals surface area (Å²) < 4.78 is 1.93. The zero-order valence-corrected chi connectivity index (χ0v) is 36.3. The molecule has 320 valence electrons. The SMILES string of the molecule is CN(C)C/C=C/C(=O)N(CC=O)CCN(C)c1ccc(CCC(=O)NCCCCCCn2ccc(-c3cc(Cl)c(Cl)c4[nH]c5c(c34)CN(C(=O)CO)CC5)n2)s1.NC=O. The van der Waals surface area contributed by atoms with E-state index in [1.54, 1.807) is 22.3 Å². The van der Waals surface area contributed by atoms with Gasteiger partial charge in [0.2, 0.25) is 24.1 Å². The van der Waals surface area contributed by atoms with Crippen molar-refractivity contribution < 1.29 is 29.1 Å². The van der Waals surface area contributed by atoms with E-state index < -0.39 is 6.61 Å². The summed E-state index contributed by atoms with van der Waals surface area (Å²) in [5.41, 5.74) is 8.49. The second kappa shape index (κ2) is 23.7. The van der Waals surface area contributed by atoms with Crippen molar-refractivity contribution in [2.75, 3.05) is 71.9 Å². The number of aromatic amines is 1. The molecule has 0 radical (unpaired) electrons. The zero-order valence-electron chi connectivity index (χ0n) is 33.9. The first-order chi connectivity index (χ1) is 28.4. The minimum atomic E-state index is -0.526. The quantitative estimate of drug-likeness (QED) is 0.0539. The molecule has 0 spiro atoms. The average molecular weight is 873 g/mol. The number of aromatic nitrogens is 3. The first-order valence-corrected chi connectivity index (χ1v) is 21.2. The number of aryl methyl sites for hydroxylation is 2. The van der Waals surface area contributed by atoms with Gasteiger partial charge in [-0.1, -0.05) is 42.1 Å². The molecule has 1 aliphatic rings. The fourth-order valence-electron chi connectivity index (χ4n) is 6.73. The number of thiophene rings is 1. The first-order valence-electron chi connectivity index (χ1n) is 19.6. The summed E-state index contributed by atoms with van der Waals surface area (Å²) in [5.74, 6) is -0.445. The number of primary amides is 1. The van der Waals surface area contributed by atoms with E-state index in [1.807, 2.05) is 61.2 Å². The average Bonchev–Trinajstić information content (AvgIpc) is 3.99. The summed E-state index contributed by atoms with van der Waals surface area (Å²) >= 11 is 14.8. The number of likely N-dealkylation sites (N-methyl/N-ethyl adjacent to an activating group) is 2. The van der Waals surface area contributed by atoms with E-state index in [-0.39, 0.29) is 30.7 Å². The fraction of sp³-hybridized carbons (Fsp3) is 0.463. The molecule has 0 unspecified atom stereocenters. The second-order valence-electron chi connectivity index (χ2n) is 14.4. The van der Waals surface area contributed by atoms with Gasteiger partial charge in [0.1, 0.15) is 12.9 Å². The normalized spacial score (nSPS) is 12.4. The van der Waals surface area contributed by atoms with Gasteiger partial charge in [-0.25, -0.2) is 0 Å². The van der Waals surface area contributed by atoms with Crippen LogP contribution in [0.15, 0.2) is 42.6 Å². The molecule has 0 saturated carbocycles. The summed E-state index contributed by atoms with van der Waals surface area (Å²) in [7, 11) is 5.81. The van der Waals surface area contributed by atoms with Crippen molar-refractivity contribution >= 4 is 80.9 Å². The third-order valence-electron chi connectivity index (χ3n) is 9.85. The topological polar surface area (TPSA) is 190 Å². The lowest BCUT2D eigenvalue weighted by Gasteiger charge is -2.26. The Morgan fingerprint density at radius 1 is 1.07 bits per heavy atom. The van der Waals surface area contributed by atoms with Crippen LogP contribution in [-0.4, -0.2) is 132 Å². The number of aldehydes is 1. The van der Waals surface area contributed by atoms with Crippen molar-refractivity contribution in [1.29, 1.82) is 0 Å². The van der Waals surface area contributed by atoms with Crippen LogP contribution in [0, 0.1) is 0 Å². The van der Waals surface area contributed by atoms with E-state index >= 15 is 0 Å². The first kappa shape index (κ1) is 46.9. The van der Waals surface area contributed by atoms with Gasteiger partial charge < -0.3 is 45.5 Å². The number of aliphatic hydroxyl groups excluding tert-OH is 1. The number of fused-ring (bicyclic) bond motifs is 3. The third kappa shape index (κ3) is 13.6. The number of unbranched alkanes of at least 4 members (excludes halogenated alkanes) is 3. The highest BCUT2D eigenvalue weighted by molar-refractivity contribution is 7.16. The van der Waals surface area contributed by atoms with Crippen molar-refractivity contribution in [2.45, 2.75) is 58.0 Å². The van der Waals surface area contributed by atoms with Crippen LogP contribution in [0.1, 0.15) is 48.2 Å². The molecule has 4 heterocycles. The molecule has 5 rings (SSSR count). The Labute approximate surface area is 359 Å². The largest absolute Gasteiger partial charge is 0.387 e.